The van der Waals surface area contributed by atoms with E-state index in [4.69, 9.17) is 15.2 Å². The third kappa shape index (κ3) is 1.64. The Balaban J connectivity index is 2.54. The molecule has 0 fully saturated rings. The Morgan fingerprint density at radius 1 is 1.38 bits per heavy atom. The highest BCUT2D eigenvalue weighted by Gasteiger charge is 2.32. The van der Waals surface area contributed by atoms with Gasteiger partial charge in [-0.3, -0.25) is 0 Å². The minimum atomic E-state index is -0.465. The van der Waals surface area contributed by atoms with E-state index in [0.717, 1.165) is 16.9 Å². The minimum Gasteiger partial charge on any atom is -0.497 e. The third-order valence-electron chi connectivity index (χ3n) is 3.16. The maximum absolute atomic E-state index is 9.96. The highest BCUT2D eigenvalue weighted by atomic mass is 16.5. The predicted molar refractivity (Wildman–Crippen MR) is 60.9 cm³/mol. The van der Waals surface area contributed by atoms with Crippen molar-refractivity contribution in [3.8, 4) is 11.5 Å². The molecule has 2 unspecified atom stereocenters. The first kappa shape index (κ1) is 11.2. The molecule has 0 heterocycles. The van der Waals surface area contributed by atoms with E-state index in [1.807, 2.05) is 12.1 Å². The van der Waals surface area contributed by atoms with E-state index in [2.05, 4.69) is 0 Å². The fraction of sp³-hybridized carbons (Fsp3) is 0.500. The highest BCUT2D eigenvalue weighted by molar-refractivity contribution is 5.52. The fourth-order valence-electron chi connectivity index (χ4n) is 2.35. The number of hydrogen-bond donors (Lipinski definition) is 2. The van der Waals surface area contributed by atoms with Gasteiger partial charge in [-0.05, 0) is 24.6 Å². The quantitative estimate of drug-likeness (QED) is 0.807. The van der Waals surface area contributed by atoms with Gasteiger partial charge in [0.25, 0.3) is 0 Å². The van der Waals surface area contributed by atoms with Crippen LogP contribution in [-0.2, 0) is 0 Å². The molecular weight excluding hydrogens is 206 g/mol. The van der Waals surface area contributed by atoms with Gasteiger partial charge in [0, 0.05) is 17.5 Å². The molecule has 1 aliphatic carbocycles. The van der Waals surface area contributed by atoms with Crippen LogP contribution in [0.4, 0.5) is 0 Å². The molecule has 0 saturated carbocycles. The Morgan fingerprint density at radius 3 is 2.69 bits per heavy atom. The molecule has 2 rings (SSSR count). The van der Waals surface area contributed by atoms with Crippen LogP contribution in [0.1, 0.15) is 29.6 Å². The molecule has 0 amide bonds. The van der Waals surface area contributed by atoms with E-state index in [1.54, 1.807) is 14.2 Å². The van der Waals surface area contributed by atoms with Crippen LogP contribution < -0.4 is 15.2 Å². The van der Waals surface area contributed by atoms with E-state index in [0.29, 0.717) is 18.7 Å². The summed E-state index contributed by atoms with van der Waals surface area (Å²) >= 11 is 0. The Morgan fingerprint density at radius 2 is 2.12 bits per heavy atom. The van der Waals surface area contributed by atoms with Gasteiger partial charge in [0.1, 0.15) is 11.5 Å². The van der Waals surface area contributed by atoms with Gasteiger partial charge in [0.15, 0.2) is 0 Å². The zero-order valence-corrected chi connectivity index (χ0v) is 9.56. The van der Waals surface area contributed by atoms with Crippen LogP contribution in [0, 0.1) is 0 Å². The van der Waals surface area contributed by atoms with Gasteiger partial charge in [-0.1, -0.05) is 0 Å². The van der Waals surface area contributed by atoms with Gasteiger partial charge in [-0.25, -0.2) is 0 Å². The maximum Gasteiger partial charge on any atom is 0.126 e. The van der Waals surface area contributed by atoms with Gasteiger partial charge in [0.2, 0.25) is 0 Å². The normalized spacial score (nSPS) is 23.0. The van der Waals surface area contributed by atoms with Crippen LogP contribution in [0.3, 0.4) is 0 Å². The van der Waals surface area contributed by atoms with E-state index in [-0.39, 0.29) is 5.92 Å². The smallest absolute Gasteiger partial charge is 0.126 e. The third-order valence-corrected chi connectivity index (χ3v) is 3.16. The SMILES string of the molecule is COc1cc(OC)c2c(c1)C(O)CC2CN. The van der Waals surface area contributed by atoms with Crippen molar-refractivity contribution in [2.24, 2.45) is 5.73 Å². The average Bonchev–Trinajstić information content (AvgIpc) is 2.65. The zero-order chi connectivity index (χ0) is 11.7. The van der Waals surface area contributed by atoms with E-state index >= 15 is 0 Å². The number of nitrogens with two attached hydrogens (primary N) is 1. The summed E-state index contributed by atoms with van der Waals surface area (Å²) in [6.45, 7) is 0.521. The standard InChI is InChI=1S/C12H17NO3/c1-15-8-4-9-10(14)3-7(6-13)12(9)11(5-8)16-2/h4-5,7,10,14H,3,6,13H2,1-2H3. The molecule has 16 heavy (non-hydrogen) atoms. The zero-order valence-electron chi connectivity index (χ0n) is 9.56. The lowest BCUT2D eigenvalue weighted by Crippen LogP contribution is -2.10. The lowest BCUT2D eigenvalue weighted by molar-refractivity contribution is 0.173. The second kappa shape index (κ2) is 4.31. The molecule has 1 aliphatic rings. The van der Waals surface area contributed by atoms with E-state index in [1.165, 1.54) is 0 Å². The van der Waals surface area contributed by atoms with E-state index < -0.39 is 6.10 Å². The first-order chi connectivity index (χ1) is 7.71. The highest BCUT2D eigenvalue weighted by Crippen LogP contribution is 2.46. The summed E-state index contributed by atoms with van der Waals surface area (Å²) in [4.78, 5) is 0. The molecule has 0 radical (unpaired) electrons. The van der Waals surface area contributed by atoms with Crippen LogP contribution >= 0.6 is 0 Å². The summed E-state index contributed by atoms with van der Waals surface area (Å²) in [6, 6.07) is 3.69. The van der Waals surface area contributed by atoms with Crippen molar-refractivity contribution in [3.05, 3.63) is 23.3 Å². The Bertz CT molecular complexity index is 392. The van der Waals surface area contributed by atoms with Crippen molar-refractivity contribution in [3.63, 3.8) is 0 Å². The number of fused-ring (bicyclic) bond motifs is 1. The summed E-state index contributed by atoms with van der Waals surface area (Å²) in [6.07, 6.45) is 0.197. The summed E-state index contributed by atoms with van der Waals surface area (Å²) in [5.74, 6) is 1.62. The van der Waals surface area contributed by atoms with Gasteiger partial charge in [-0.15, -0.1) is 0 Å². The molecule has 0 aromatic heterocycles. The van der Waals surface area contributed by atoms with Crippen LogP contribution in [0.25, 0.3) is 0 Å². The topological polar surface area (TPSA) is 64.7 Å². The molecule has 3 N–H and O–H groups in total. The molecule has 88 valence electrons. The Hall–Kier alpha value is -1.26. The number of rotatable bonds is 3. The van der Waals surface area contributed by atoms with Gasteiger partial charge < -0.3 is 20.3 Å². The number of aliphatic hydroxyl groups is 1. The summed E-state index contributed by atoms with van der Waals surface area (Å²) < 4.78 is 10.5. The van der Waals surface area contributed by atoms with Crippen LogP contribution in [0.5, 0.6) is 11.5 Å². The van der Waals surface area contributed by atoms with E-state index in [9.17, 15) is 5.11 Å². The first-order valence-electron chi connectivity index (χ1n) is 5.35. The predicted octanol–water partition coefficient (Wildman–Crippen LogP) is 1.18. The molecule has 0 saturated heterocycles. The van der Waals surface area contributed by atoms with Gasteiger partial charge in [-0.2, -0.15) is 0 Å². The Labute approximate surface area is 95.0 Å². The van der Waals surface area contributed by atoms with Gasteiger partial charge in [0.05, 0.1) is 20.3 Å². The number of hydrogen-bond acceptors (Lipinski definition) is 4. The molecule has 4 heteroatoms. The minimum absolute atomic E-state index is 0.172. The number of ether oxygens (including phenoxy) is 2. The molecule has 0 spiro atoms. The molecular formula is C12H17NO3. The lowest BCUT2D eigenvalue weighted by Gasteiger charge is -2.14. The van der Waals surface area contributed by atoms with Crippen molar-refractivity contribution in [2.45, 2.75) is 18.4 Å². The second-order valence-electron chi connectivity index (χ2n) is 4.02. The fourth-order valence-corrected chi connectivity index (χ4v) is 2.35. The number of benzene rings is 1. The van der Waals surface area contributed by atoms with Crippen molar-refractivity contribution in [2.75, 3.05) is 20.8 Å². The van der Waals surface area contributed by atoms with Crippen molar-refractivity contribution in [1.82, 2.24) is 0 Å². The molecule has 1 aromatic carbocycles. The monoisotopic (exact) mass is 223 g/mol. The molecule has 4 nitrogen and oxygen atoms in total. The molecule has 2 atom stereocenters. The van der Waals surface area contributed by atoms with Gasteiger partial charge >= 0.3 is 0 Å². The van der Waals surface area contributed by atoms with Crippen LogP contribution in [-0.4, -0.2) is 25.9 Å². The lowest BCUT2D eigenvalue weighted by atomic mass is 10.0. The number of aliphatic hydroxyl groups excluding tert-OH is 1. The molecule has 1 aromatic rings. The van der Waals surface area contributed by atoms with Crippen LogP contribution in [0.2, 0.25) is 0 Å². The largest absolute Gasteiger partial charge is 0.497 e. The first-order valence-corrected chi connectivity index (χ1v) is 5.35. The number of methoxy groups -OCH3 is 2. The second-order valence-corrected chi connectivity index (χ2v) is 4.02. The summed E-state index contributed by atoms with van der Waals surface area (Å²) in [5, 5.41) is 9.96. The Kier molecular flexibility index (Phi) is 3.03. The molecule has 0 aliphatic heterocycles. The maximum atomic E-state index is 9.96. The summed E-state index contributed by atoms with van der Waals surface area (Å²) in [7, 11) is 3.22. The van der Waals surface area contributed by atoms with Crippen molar-refractivity contribution >= 4 is 0 Å². The summed E-state index contributed by atoms with van der Waals surface area (Å²) in [5.41, 5.74) is 7.61. The van der Waals surface area contributed by atoms with Crippen LogP contribution in [0.15, 0.2) is 12.1 Å². The van der Waals surface area contributed by atoms with Crippen molar-refractivity contribution in [1.29, 1.82) is 0 Å². The average molecular weight is 223 g/mol. The molecule has 0 bridgehead atoms. The van der Waals surface area contributed by atoms with Crippen molar-refractivity contribution < 1.29 is 14.6 Å².